The number of nitrogens with one attached hydrogen (secondary N) is 2. The number of terminal acetylenes is 1. The molecule has 1 fully saturated rings. The molecule has 3 aromatic rings. The highest BCUT2D eigenvalue weighted by molar-refractivity contribution is 6.01. The molecule has 1 aromatic carbocycles. The van der Waals surface area contributed by atoms with Crippen LogP contribution in [-0.4, -0.2) is 56.8 Å². The molecule has 0 aliphatic carbocycles. The van der Waals surface area contributed by atoms with Gasteiger partial charge in [0, 0.05) is 48.0 Å². The number of carboxylic acid groups (broad SMARTS) is 1. The van der Waals surface area contributed by atoms with Gasteiger partial charge in [0.25, 0.3) is 6.47 Å². The molecule has 1 aliphatic heterocycles. The van der Waals surface area contributed by atoms with E-state index in [1.165, 1.54) is 6.08 Å². The second kappa shape index (κ2) is 10.5. The second-order valence-electron chi connectivity index (χ2n) is 6.78. The lowest BCUT2D eigenvalue weighted by atomic mass is 10.1. The maximum absolute atomic E-state index is 11.5. The van der Waals surface area contributed by atoms with Gasteiger partial charge in [0.1, 0.15) is 0 Å². The van der Waals surface area contributed by atoms with Crippen LogP contribution in [0.4, 0.5) is 17.5 Å². The van der Waals surface area contributed by atoms with Crippen LogP contribution >= 0.6 is 0 Å². The lowest BCUT2D eigenvalue weighted by molar-refractivity contribution is -0.122. The van der Waals surface area contributed by atoms with E-state index >= 15 is 0 Å². The molecule has 10 heteroatoms. The molecule has 3 N–H and O–H groups in total. The summed E-state index contributed by atoms with van der Waals surface area (Å²) in [6.07, 6.45) is 12.4. The van der Waals surface area contributed by atoms with Crippen LogP contribution in [0.1, 0.15) is 12.0 Å². The fourth-order valence-electron chi connectivity index (χ4n) is 3.31. The SMILES string of the molecule is C#Cc1cnc(N[C@@H]2CCN(c3nncc4cc(NC(=O)C=C)ccc34)C2)nc1.O=CO. The van der Waals surface area contributed by atoms with Crippen molar-refractivity contribution < 1.29 is 14.7 Å². The van der Waals surface area contributed by atoms with Crippen LogP contribution in [0.15, 0.2) is 49.4 Å². The third-order valence-electron chi connectivity index (χ3n) is 4.73. The molecule has 2 aromatic heterocycles. The number of rotatable bonds is 5. The molecule has 32 heavy (non-hydrogen) atoms. The summed E-state index contributed by atoms with van der Waals surface area (Å²) in [7, 11) is 0. The van der Waals surface area contributed by atoms with E-state index in [-0.39, 0.29) is 18.4 Å². The number of aromatic nitrogens is 4. The van der Waals surface area contributed by atoms with Crippen molar-refractivity contribution in [2.45, 2.75) is 12.5 Å². The van der Waals surface area contributed by atoms with Gasteiger partial charge in [0.2, 0.25) is 11.9 Å². The second-order valence-corrected chi connectivity index (χ2v) is 6.78. The third-order valence-corrected chi connectivity index (χ3v) is 4.73. The van der Waals surface area contributed by atoms with Crippen molar-refractivity contribution in [3.05, 3.63) is 55.0 Å². The van der Waals surface area contributed by atoms with E-state index in [4.69, 9.17) is 16.3 Å². The highest BCUT2D eigenvalue weighted by Crippen LogP contribution is 2.29. The number of carbonyl (C=O) groups excluding carboxylic acids is 1. The molecule has 0 bridgehead atoms. The first-order chi connectivity index (χ1) is 15.6. The Kier molecular flexibility index (Phi) is 7.27. The van der Waals surface area contributed by atoms with Crippen LogP contribution in [-0.2, 0) is 9.59 Å². The minimum atomic E-state index is -0.252. The van der Waals surface area contributed by atoms with E-state index in [1.54, 1.807) is 18.6 Å². The molecule has 1 aliphatic rings. The molecule has 4 rings (SSSR count). The Morgan fingerprint density at radius 1 is 1.31 bits per heavy atom. The Morgan fingerprint density at radius 3 is 2.75 bits per heavy atom. The number of benzene rings is 1. The summed E-state index contributed by atoms with van der Waals surface area (Å²) >= 11 is 0. The normalized spacial score (nSPS) is 14.6. The lowest BCUT2D eigenvalue weighted by Crippen LogP contribution is -2.27. The van der Waals surface area contributed by atoms with E-state index in [0.717, 1.165) is 36.1 Å². The summed E-state index contributed by atoms with van der Waals surface area (Å²) in [4.78, 5) is 30.6. The number of hydrogen-bond acceptors (Lipinski definition) is 8. The van der Waals surface area contributed by atoms with Crippen LogP contribution in [0.25, 0.3) is 10.8 Å². The van der Waals surface area contributed by atoms with Gasteiger partial charge in [-0.1, -0.05) is 12.5 Å². The predicted molar refractivity (Wildman–Crippen MR) is 121 cm³/mol. The van der Waals surface area contributed by atoms with Gasteiger partial charge in [-0.05, 0) is 30.7 Å². The monoisotopic (exact) mass is 431 g/mol. The van der Waals surface area contributed by atoms with Gasteiger partial charge in [0.05, 0.1) is 11.8 Å². The highest BCUT2D eigenvalue weighted by Gasteiger charge is 2.25. The van der Waals surface area contributed by atoms with E-state index in [1.807, 2.05) is 18.2 Å². The maximum atomic E-state index is 11.5. The van der Waals surface area contributed by atoms with Crippen LogP contribution in [0.2, 0.25) is 0 Å². The minimum Gasteiger partial charge on any atom is -0.483 e. The zero-order valence-electron chi connectivity index (χ0n) is 17.1. The van der Waals surface area contributed by atoms with Crippen LogP contribution in [0, 0.1) is 12.3 Å². The van der Waals surface area contributed by atoms with Crippen LogP contribution in [0.3, 0.4) is 0 Å². The molecule has 0 spiro atoms. The molecule has 0 radical (unpaired) electrons. The van der Waals surface area contributed by atoms with Gasteiger partial charge >= 0.3 is 0 Å². The Bertz CT molecular complexity index is 1160. The maximum Gasteiger partial charge on any atom is 0.290 e. The Hall–Kier alpha value is -4.52. The predicted octanol–water partition coefficient (Wildman–Crippen LogP) is 1.92. The highest BCUT2D eigenvalue weighted by atomic mass is 16.3. The molecule has 1 amide bonds. The van der Waals surface area contributed by atoms with Crippen LogP contribution in [0.5, 0.6) is 0 Å². The molecule has 1 saturated heterocycles. The average molecular weight is 431 g/mol. The fourth-order valence-corrected chi connectivity index (χ4v) is 3.31. The first kappa shape index (κ1) is 22.2. The average Bonchev–Trinajstić information content (AvgIpc) is 3.27. The molecular weight excluding hydrogens is 410 g/mol. The summed E-state index contributed by atoms with van der Waals surface area (Å²) < 4.78 is 0. The van der Waals surface area contributed by atoms with Gasteiger partial charge in [-0.25, -0.2) is 9.97 Å². The van der Waals surface area contributed by atoms with Crippen molar-refractivity contribution in [1.29, 1.82) is 0 Å². The quantitative estimate of drug-likeness (QED) is 0.315. The molecule has 3 heterocycles. The lowest BCUT2D eigenvalue weighted by Gasteiger charge is -2.19. The molecule has 162 valence electrons. The molecule has 10 nitrogen and oxygen atoms in total. The number of carbonyl (C=O) groups is 2. The van der Waals surface area contributed by atoms with E-state index < -0.39 is 0 Å². The van der Waals surface area contributed by atoms with Gasteiger partial charge in [-0.15, -0.1) is 11.5 Å². The van der Waals surface area contributed by atoms with Gasteiger partial charge < -0.3 is 20.6 Å². The first-order valence-corrected chi connectivity index (χ1v) is 9.64. The summed E-state index contributed by atoms with van der Waals surface area (Å²) in [5.74, 6) is 3.63. The number of nitrogens with zero attached hydrogens (tertiary/aromatic N) is 5. The van der Waals surface area contributed by atoms with Crippen molar-refractivity contribution in [1.82, 2.24) is 20.2 Å². The largest absolute Gasteiger partial charge is 0.483 e. The van der Waals surface area contributed by atoms with Crippen LogP contribution < -0.4 is 15.5 Å². The Morgan fingerprint density at radius 2 is 2.06 bits per heavy atom. The smallest absolute Gasteiger partial charge is 0.290 e. The molecular formula is C22H21N7O3. The summed E-state index contributed by atoms with van der Waals surface area (Å²) in [5.41, 5.74) is 1.34. The summed E-state index contributed by atoms with van der Waals surface area (Å²) in [6, 6.07) is 5.86. The van der Waals surface area contributed by atoms with Crippen molar-refractivity contribution in [3.63, 3.8) is 0 Å². The zero-order chi connectivity index (χ0) is 22.9. The topological polar surface area (TPSA) is 133 Å². The summed E-state index contributed by atoms with van der Waals surface area (Å²) in [5, 5.41) is 23.4. The minimum absolute atomic E-state index is 0.190. The van der Waals surface area contributed by atoms with Crippen molar-refractivity contribution in [2.75, 3.05) is 28.6 Å². The Labute approximate surface area is 184 Å². The first-order valence-electron chi connectivity index (χ1n) is 9.64. The van der Waals surface area contributed by atoms with Crippen molar-refractivity contribution in [2.24, 2.45) is 0 Å². The third kappa shape index (κ3) is 5.34. The Balaban J connectivity index is 0.000000913. The fraction of sp³-hybridized carbons (Fsp3) is 0.182. The standard InChI is InChI=1S/C21H19N7O.CH2O2/c1-3-14-10-22-21(23-11-14)26-17-7-8-28(13-17)20-18-6-5-16(25-19(29)4-2)9-15(18)12-24-27-20;2-1-3/h1,4-6,9-12,17H,2,7-8,13H2,(H,25,29)(H,22,23,26);1H,(H,2,3)/t17-;/m1./s1. The van der Waals surface area contributed by atoms with E-state index in [0.29, 0.717) is 17.2 Å². The molecule has 1 atom stereocenters. The van der Waals surface area contributed by atoms with E-state index in [9.17, 15) is 4.79 Å². The molecule has 0 unspecified atom stereocenters. The number of fused-ring (bicyclic) bond motifs is 1. The summed E-state index contributed by atoms with van der Waals surface area (Å²) in [6.45, 7) is 4.81. The number of hydrogen-bond donors (Lipinski definition) is 3. The van der Waals surface area contributed by atoms with E-state index in [2.05, 4.69) is 48.2 Å². The van der Waals surface area contributed by atoms with Crippen molar-refractivity contribution >= 4 is 40.6 Å². The van der Waals surface area contributed by atoms with Gasteiger partial charge in [-0.2, -0.15) is 5.10 Å². The van der Waals surface area contributed by atoms with Gasteiger partial charge in [-0.3, -0.25) is 9.59 Å². The molecule has 0 saturated carbocycles. The van der Waals surface area contributed by atoms with Gasteiger partial charge in [0.15, 0.2) is 5.82 Å². The number of amides is 1. The number of anilines is 3. The zero-order valence-corrected chi connectivity index (χ0v) is 17.1. The van der Waals surface area contributed by atoms with Crippen molar-refractivity contribution in [3.8, 4) is 12.3 Å².